The third kappa shape index (κ3) is 4.74. The van der Waals surface area contributed by atoms with E-state index >= 15 is 0 Å². The summed E-state index contributed by atoms with van der Waals surface area (Å²) in [6.07, 6.45) is 0. The molecule has 0 atom stereocenters. The number of hydrogen-bond donors (Lipinski definition) is 1. The molecule has 1 amide bonds. The van der Waals surface area contributed by atoms with Gasteiger partial charge in [0.25, 0.3) is 5.91 Å². The van der Waals surface area contributed by atoms with Gasteiger partial charge in [0.1, 0.15) is 5.75 Å². The van der Waals surface area contributed by atoms with E-state index in [9.17, 15) is 9.59 Å². The Morgan fingerprint density at radius 1 is 0.963 bits per heavy atom. The molecule has 5 heteroatoms. The normalized spacial score (nSPS) is 10.3. The fourth-order valence-electron chi connectivity index (χ4n) is 2.59. The smallest absolute Gasteiger partial charge is 0.262 e. The first-order valence-corrected chi connectivity index (χ1v) is 8.80. The number of anilines is 1. The second-order valence-corrected chi connectivity index (χ2v) is 6.42. The van der Waals surface area contributed by atoms with Crippen LogP contribution in [0.4, 0.5) is 5.69 Å². The summed E-state index contributed by atoms with van der Waals surface area (Å²) >= 11 is 6.05. The lowest BCUT2D eigenvalue weighted by Gasteiger charge is -2.12. The molecule has 0 unspecified atom stereocenters. The number of hydrogen-bond acceptors (Lipinski definition) is 3. The van der Waals surface area contributed by atoms with Gasteiger partial charge in [-0.1, -0.05) is 60.1 Å². The Labute approximate surface area is 162 Å². The Bertz CT molecular complexity index is 970. The second kappa shape index (κ2) is 8.52. The number of carbonyl (C=O) groups excluding carboxylic acids is 2. The predicted octanol–water partition coefficient (Wildman–Crippen LogP) is 4.90. The number of amides is 1. The molecule has 0 saturated heterocycles. The maximum atomic E-state index is 12.8. The third-order valence-electron chi connectivity index (χ3n) is 4.00. The van der Waals surface area contributed by atoms with Crippen LogP contribution in [-0.2, 0) is 4.79 Å². The summed E-state index contributed by atoms with van der Waals surface area (Å²) < 4.78 is 5.62. The summed E-state index contributed by atoms with van der Waals surface area (Å²) in [7, 11) is 0. The Morgan fingerprint density at radius 3 is 2.41 bits per heavy atom. The molecule has 0 bridgehead atoms. The van der Waals surface area contributed by atoms with Crippen molar-refractivity contribution in [3.05, 3.63) is 94.5 Å². The predicted molar refractivity (Wildman–Crippen MR) is 107 cm³/mol. The molecular weight excluding hydrogens is 362 g/mol. The van der Waals surface area contributed by atoms with Gasteiger partial charge in [0.15, 0.2) is 12.4 Å². The Morgan fingerprint density at radius 2 is 1.67 bits per heavy atom. The monoisotopic (exact) mass is 379 g/mol. The zero-order chi connectivity index (χ0) is 19.2. The summed E-state index contributed by atoms with van der Waals surface area (Å²) in [5.74, 6) is -0.210. The van der Waals surface area contributed by atoms with Gasteiger partial charge in [0.05, 0.1) is 5.56 Å². The van der Waals surface area contributed by atoms with Crippen molar-refractivity contribution >= 4 is 29.0 Å². The lowest BCUT2D eigenvalue weighted by Crippen LogP contribution is -2.21. The summed E-state index contributed by atoms with van der Waals surface area (Å²) in [5.41, 5.74) is 2.52. The minimum absolute atomic E-state index is 0.215. The molecule has 0 fully saturated rings. The molecule has 0 aliphatic heterocycles. The molecule has 4 nitrogen and oxygen atoms in total. The van der Waals surface area contributed by atoms with Crippen LogP contribution in [0.15, 0.2) is 72.8 Å². The standard InChI is InChI=1S/C22H18ClNO3/c1-15-7-5-6-10-19(15)24-21(25)14-27-20-12-11-17(23)13-18(20)22(26)16-8-3-2-4-9-16/h2-13H,14H2,1H3,(H,24,25). The van der Waals surface area contributed by atoms with Gasteiger partial charge in [-0.05, 0) is 36.8 Å². The fourth-order valence-corrected chi connectivity index (χ4v) is 2.77. The van der Waals surface area contributed by atoms with Crippen molar-refractivity contribution < 1.29 is 14.3 Å². The van der Waals surface area contributed by atoms with Crippen LogP contribution in [0.3, 0.4) is 0 Å². The van der Waals surface area contributed by atoms with E-state index in [-0.39, 0.29) is 18.3 Å². The van der Waals surface area contributed by atoms with Crippen molar-refractivity contribution in [2.75, 3.05) is 11.9 Å². The molecule has 3 rings (SSSR count). The van der Waals surface area contributed by atoms with Gasteiger partial charge in [0, 0.05) is 16.3 Å². The number of carbonyl (C=O) groups is 2. The molecule has 0 aliphatic rings. The average Bonchev–Trinajstić information content (AvgIpc) is 2.69. The van der Waals surface area contributed by atoms with E-state index in [4.69, 9.17) is 16.3 Å². The number of ketones is 1. The Balaban J connectivity index is 1.74. The van der Waals surface area contributed by atoms with Gasteiger partial charge in [-0.25, -0.2) is 0 Å². The van der Waals surface area contributed by atoms with E-state index in [1.807, 2.05) is 37.3 Å². The number of aryl methyl sites for hydroxylation is 1. The maximum Gasteiger partial charge on any atom is 0.262 e. The lowest BCUT2D eigenvalue weighted by atomic mass is 10.0. The molecule has 3 aromatic carbocycles. The number of benzene rings is 3. The maximum absolute atomic E-state index is 12.8. The topological polar surface area (TPSA) is 55.4 Å². The van der Waals surface area contributed by atoms with Crippen molar-refractivity contribution in [1.29, 1.82) is 0 Å². The van der Waals surface area contributed by atoms with Crippen molar-refractivity contribution in [2.45, 2.75) is 6.92 Å². The molecule has 27 heavy (non-hydrogen) atoms. The van der Waals surface area contributed by atoms with Crippen LogP contribution in [0.25, 0.3) is 0 Å². The highest BCUT2D eigenvalue weighted by atomic mass is 35.5. The van der Waals surface area contributed by atoms with E-state index in [0.29, 0.717) is 21.9 Å². The van der Waals surface area contributed by atoms with E-state index in [0.717, 1.165) is 11.3 Å². The molecule has 3 aromatic rings. The average molecular weight is 380 g/mol. The van der Waals surface area contributed by atoms with Gasteiger partial charge >= 0.3 is 0 Å². The Kier molecular flexibility index (Phi) is 5.89. The van der Waals surface area contributed by atoms with Gasteiger partial charge in [0.2, 0.25) is 0 Å². The van der Waals surface area contributed by atoms with Crippen LogP contribution in [0.5, 0.6) is 5.75 Å². The van der Waals surface area contributed by atoms with Gasteiger partial charge in [-0.2, -0.15) is 0 Å². The zero-order valence-corrected chi connectivity index (χ0v) is 15.5. The minimum Gasteiger partial charge on any atom is -0.483 e. The number of ether oxygens (including phenoxy) is 1. The van der Waals surface area contributed by atoms with Crippen LogP contribution < -0.4 is 10.1 Å². The van der Waals surface area contributed by atoms with Crippen molar-refractivity contribution in [3.63, 3.8) is 0 Å². The number of halogens is 1. The van der Waals surface area contributed by atoms with Crippen LogP contribution in [0.2, 0.25) is 5.02 Å². The summed E-state index contributed by atoms with van der Waals surface area (Å²) in [4.78, 5) is 25.0. The van der Waals surface area contributed by atoms with Crippen molar-refractivity contribution in [3.8, 4) is 5.75 Å². The number of nitrogens with one attached hydrogen (secondary N) is 1. The van der Waals surface area contributed by atoms with Crippen LogP contribution in [-0.4, -0.2) is 18.3 Å². The summed E-state index contributed by atoms with van der Waals surface area (Å²) in [6, 6.07) is 21.1. The summed E-state index contributed by atoms with van der Waals surface area (Å²) in [5, 5.41) is 3.22. The highest BCUT2D eigenvalue weighted by Crippen LogP contribution is 2.26. The van der Waals surface area contributed by atoms with Crippen molar-refractivity contribution in [2.24, 2.45) is 0 Å². The largest absolute Gasteiger partial charge is 0.483 e. The van der Waals surface area contributed by atoms with E-state index in [1.54, 1.807) is 42.5 Å². The quantitative estimate of drug-likeness (QED) is 0.620. The van der Waals surface area contributed by atoms with Gasteiger partial charge in [-0.3, -0.25) is 9.59 Å². The zero-order valence-electron chi connectivity index (χ0n) is 14.7. The molecule has 0 spiro atoms. The van der Waals surface area contributed by atoms with E-state index in [2.05, 4.69) is 5.32 Å². The first kappa shape index (κ1) is 18.7. The first-order valence-electron chi connectivity index (χ1n) is 8.42. The molecule has 0 saturated carbocycles. The molecule has 0 aromatic heterocycles. The lowest BCUT2D eigenvalue weighted by molar-refractivity contribution is -0.118. The first-order chi connectivity index (χ1) is 13.0. The van der Waals surface area contributed by atoms with Crippen molar-refractivity contribution in [1.82, 2.24) is 0 Å². The van der Waals surface area contributed by atoms with E-state index < -0.39 is 0 Å². The summed E-state index contributed by atoms with van der Waals surface area (Å²) in [6.45, 7) is 1.69. The SMILES string of the molecule is Cc1ccccc1NC(=O)COc1ccc(Cl)cc1C(=O)c1ccccc1. The second-order valence-electron chi connectivity index (χ2n) is 5.99. The Hall–Kier alpha value is -3.11. The molecule has 0 radical (unpaired) electrons. The van der Waals surface area contributed by atoms with Gasteiger partial charge in [-0.15, -0.1) is 0 Å². The number of rotatable bonds is 6. The molecule has 0 aliphatic carbocycles. The van der Waals surface area contributed by atoms with E-state index in [1.165, 1.54) is 0 Å². The van der Waals surface area contributed by atoms with Crippen LogP contribution >= 0.6 is 11.6 Å². The molecular formula is C22H18ClNO3. The van der Waals surface area contributed by atoms with Gasteiger partial charge < -0.3 is 10.1 Å². The van der Waals surface area contributed by atoms with Crippen LogP contribution in [0.1, 0.15) is 21.5 Å². The number of para-hydroxylation sites is 1. The molecule has 0 heterocycles. The highest BCUT2D eigenvalue weighted by Gasteiger charge is 2.16. The highest BCUT2D eigenvalue weighted by molar-refractivity contribution is 6.31. The molecule has 1 N–H and O–H groups in total. The van der Waals surface area contributed by atoms with Crippen LogP contribution in [0, 0.1) is 6.92 Å². The third-order valence-corrected chi connectivity index (χ3v) is 4.24. The minimum atomic E-state index is -0.308. The fraction of sp³-hybridized carbons (Fsp3) is 0.0909. The molecule has 136 valence electrons.